The van der Waals surface area contributed by atoms with E-state index in [1.54, 1.807) is 6.20 Å². The predicted molar refractivity (Wildman–Crippen MR) is 65.5 cm³/mol. The SMILES string of the molecule is Nc1ncccc1N1CCCC2C(=O)NCC21. The smallest absolute Gasteiger partial charge is 0.225 e. The van der Waals surface area contributed by atoms with Crippen molar-refractivity contribution < 1.29 is 4.79 Å². The Kier molecular flexibility index (Phi) is 2.39. The molecule has 3 rings (SSSR count). The van der Waals surface area contributed by atoms with Crippen LogP contribution in [0, 0.1) is 5.92 Å². The highest BCUT2D eigenvalue weighted by Crippen LogP contribution is 2.33. The molecule has 17 heavy (non-hydrogen) atoms. The van der Waals surface area contributed by atoms with Gasteiger partial charge in [0.1, 0.15) is 5.82 Å². The van der Waals surface area contributed by atoms with Crippen molar-refractivity contribution in [3.05, 3.63) is 18.3 Å². The Morgan fingerprint density at radius 2 is 2.41 bits per heavy atom. The molecule has 5 heteroatoms. The van der Waals surface area contributed by atoms with Gasteiger partial charge in [0, 0.05) is 19.3 Å². The molecule has 1 aromatic rings. The lowest BCUT2D eigenvalue weighted by atomic mass is 9.91. The highest BCUT2D eigenvalue weighted by molar-refractivity contribution is 5.83. The monoisotopic (exact) mass is 232 g/mol. The number of nitrogens with one attached hydrogen (secondary N) is 1. The zero-order chi connectivity index (χ0) is 11.8. The lowest BCUT2D eigenvalue weighted by molar-refractivity contribution is -0.122. The van der Waals surface area contributed by atoms with E-state index in [2.05, 4.69) is 15.2 Å². The molecule has 0 spiro atoms. The largest absolute Gasteiger partial charge is 0.382 e. The number of aromatic nitrogens is 1. The Bertz CT molecular complexity index is 448. The number of anilines is 2. The third kappa shape index (κ3) is 1.62. The molecule has 2 fully saturated rings. The number of nitrogen functional groups attached to an aromatic ring is 1. The van der Waals surface area contributed by atoms with Crippen LogP contribution < -0.4 is 16.0 Å². The van der Waals surface area contributed by atoms with Crippen LogP contribution in [0.4, 0.5) is 11.5 Å². The van der Waals surface area contributed by atoms with E-state index in [1.165, 1.54) is 0 Å². The molecule has 2 unspecified atom stereocenters. The third-order valence-corrected chi connectivity index (χ3v) is 3.73. The van der Waals surface area contributed by atoms with E-state index in [0.717, 1.165) is 31.6 Å². The van der Waals surface area contributed by atoms with Crippen molar-refractivity contribution in [3.63, 3.8) is 0 Å². The van der Waals surface area contributed by atoms with Crippen molar-refractivity contribution in [1.82, 2.24) is 10.3 Å². The minimum absolute atomic E-state index is 0.114. The van der Waals surface area contributed by atoms with Crippen molar-refractivity contribution in [1.29, 1.82) is 0 Å². The Balaban J connectivity index is 1.93. The van der Waals surface area contributed by atoms with Gasteiger partial charge in [-0.2, -0.15) is 0 Å². The first kappa shape index (κ1) is 10.4. The van der Waals surface area contributed by atoms with Gasteiger partial charge < -0.3 is 16.0 Å². The van der Waals surface area contributed by atoms with Crippen molar-refractivity contribution in [3.8, 4) is 0 Å². The highest BCUT2D eigenvalue weighted by atomic mass is 16.2. The average Bonchev–Trinajstić information content (AvgIpc) is 2.72. The van der Waals surface area contributed by atoms with Crippen LogP contribution in [-0.4, -0.2) is 30.0 Å². The molecule has 1 aromatic heterocycles. The van der Waals surface area contributed by atoms with Crippen molar-refractivity contribution in [2.24, 2.45) is 5.92 Å². The van der Waals surface area contributed by atoms with E-state index in [-0.39, 0.29) is 17.9 Å². The second-order valence-electron chi connectivity index (χ2n) is 4.66. The number of carbonyl (C=O) groups is 1. The Labute approximate surface area is 100 Å². The normalized spacial score (nSPS) is 27.8. The summed E-state index contributed by atoms with van der Waals surface area (Å²) in [6.07, 6.45) is 3.70. The van der Waals surface area contributed by atoms with Crippen molar-refractivity contribution in [2.75, 3.05) is 23.7 Å². The summed E-state index contributed by atoms with van der Waals surface area (Å²) < 4.78 is 0. The summed E-state index contributed by atoms with van der Waals surface area (Å²) in [6.45, 7) is 1.67. The van der Waals surface area contributed by atoms with Crippen LogP contribution in [0.25, 0.3) is 0 Å². The average molecular weight is 232 g/mol. The minimum atomic E-state index is 0.114. The number of rotatable bonds is 1. The van der Waals surface area contributed by atoms with Crippen LogP contribution in [-0.2, 0) is 4.79 Å². The number of nitrogens with zero attached hydrogens (tertiary/aromatic N) is 2. The molecule has 90 valence electrons. The molecule has 2 atom stereocenters. The number of pyridine rings is 1. The summed E-state index contributed by atoms with van der Waals surface area (Å²) in [4.78, 5) is 18.0. The second-order valence-corrected chi connectivity index (χ2v) is 4.66. The fraction of sp³-hybridized carbons (Fsp3) is 0.500. The van der Waals surface area contributed by atoms with Gasteiger partial charge in [0.15, 0.2) is 0 Å². The molecule has 2 saturated heterocycles. The van der Waals surface area contributed by atoms with Crippen LogP contribution in [0.1, 0.15) is 12.8 Å². The number of amides is 1. The minimum Gasteiger partial charge on any atom is -0.382 e. The zero-order valence-electron chi connectivity index (χ0n) is 9.60. The van der Waals surface area contributed by atoms with Gasteiger partial charge >= 0.3 is 0 Å². The quantitative estimate of drug-likeness (QED) is 0.734. The Morgan fingerprint density at radius 1 is 1.53 bits per heavy atom. The van der Waals surface area contributed by atoms with E-state index < -0.39 is 0 Å². The lowest BCUT2D eigenvalue weighted by Gasteiger charge is -2.37. The first-order chi connectivity index (χ1) is 8.27. The van der Waals surface area contributed by atoms with Crippen molar-refractivity contribution in [2.45, 2.75) is 18.9 Å². The zero-order valence-corrected chi connectivity index (χ0v) is 9.60. The third-order valence-electron chi connectivity index (χ3n) is 3.73. The number of hydrogen-bond acceptors (Lipinski definition) is 4. The van der Waals surface area contributed by atoms with E-state index >= 15 is 0 Å². The molecule has 3 heterocycles. The maximum atomic E-state index is 11.7. The van der Waals surface area contributed by atoms with E-state index in [0.29, 0.717) is 5.82 Å². The maximum absolute atomic E-state index is 11.7. The van der Waals surface area contributed by atoms with Gasteiger partial charge in [-0.1, -0.05) is 0 Å². The van der Waals surface area contributed by atoms with Crippen LogP contribution in [0.15, 0.2) is 18.3 Å². The van der Waals surface area contributed by atoms with Gasteiger partial charge in [-0.05, 0) is 25.0 Å². The topological polar surface area (TPSA) is 71.2 Å². The summed E-state index contributed by atoms with van der Waals surface area (Å²) in [6, 6.07) is 4.11. The molecule has 2 aliphatic heterocycles. The summed E-state index contributed by atoms with van der Waals surface area (Å²) in [5, 5.41) is 2.94. The lowest BCUT2D eigenvalue weighted by Crippen LogP contribution is -2.46. The first-order valence-corrected chi connectivity index (χ1v) is 6.02. The number of fused-ring (bicyclic) bond motifs is 1. The molecule has 2 aliphatic rings. The highest BCUT2D eigenvalue weighted by Gasteiger charge is 2.41. The fourth-order valence-corrected chi connectivity index (χ4v) is 2.90. The fourth-order valence-electron chi connectivity index (χ4n) is 2.90. The second kappa shape index (κ2) is 3.91. The molecular formula is C12H16N4O. The molecule has 0 aromatic carbocycles. The molecule has 0 radical (unpaired) electrons. The molecular weight excluding hydrogens is 216 g/mol. The van der Waals surface area contributed by atoms with Crippen LogP contribution in [0.3, 0.4) is 0 Å². The van der Waals surface area contributed by atoms with Gasteiger partial charge in [-0.25, -0.2) is 4.98 Å². The summed E-state index contributed by atoms with van der Waals surface area (Å²) in [5.74, 6) is 0.845. The van der Waals surface area contributed by atoms with E-state index in [9.17, 15) is 4.79 Å². The van der Waals surface area contributed by atoms with E-state index in [1.807, 2.05) is 12.1 Å². The van der Waals surface area contributed by atoms with Gasteiger partial charge in [0.2, 0.25) is 5.91 Å². The summed E-state index contributed by atoms with van der Waals surface area (Å²) in [7, 11) is 0. The Morgan fingerprint density at radius 3 is 3.24 bits per heavy atom. The van der Waals surface area contributed by atoms with Gasteiger partial charge in [-0.3, -0.25) is 4.79 Å². The summed E-state index contributed by atoms with van der Waals surface area (Å²) in [5.41, 5.74) is 6.87. The standard InChI is InChI=1S/C12H16N4O/c13-11-9(4-1-5-14-11)16-6-2-3-8-10(16)7-15-12(8)17/h1,4-5,8,10H,2-3,6-7H2,(H2,13,14)(H,15,17). The molecule has 0 aliphatic carbocycles. The molecule has 0 saturated carbocycles. The number of hydrogen-bond donors (Lipinski definition) is 2. The Hall–Kier alpha value is -1.78. The molecule has 3 N–H and O–H groups in total. The van der Waals surface area contributed by atoms with Crippen LogP contribution >= 0.6 is 0 Å². The summed E-state index contributed by atoms with van der Waals surface area (Å²) >= 11 is 0. The molecule has 0 bridgehead atoms. The molecule has 1 amide bonds. The number of piperidine rings is 1. The van der Waals surface area contributed by atoms with Gasteiger partial charge in [0.25, 0.3) is 0 Å². The maximum Gasteiger partial charge on any atom is 0.225 e. The van der Waals surface area contributed by atoms with Gasteiger partial charge in [-0.15, -0.1) is 0 Å². The molecule has 5 nitrogen and oxygen atoms in total. The van der Waals surface area contributed by atoms with Crippen molar-refractivity contribution >= 4 is 17.4 Å². The van der Waals surface area contributed by atoms with Crippen LogP contribution in [0.5, 0.6) is 0 Å². The van der Waals surface area contributed by atoms with E-state index in [4.69, 9.17) is 5.73 Å². The predicted octanol–water partition coefficient (Wildman–Crippen LogP) is 0.379. The van der Waals surface area contributed by atoms with Gasteiger partial charge in [0.05, 0.1) is 17.6 Å². The number of nitrogens with two attached hydrogens (primary N) is 1. The number of carbonyl (C=O) groups excluding carboxylic acids is 1. The first-order valence-electron chi connectivity index (χ1n) is 6.02. The van der Waals surface area contributed by atoms with Crippen LogP contribution in [0.2, 0.25) is 0 Å².